The molecule has 186 valence electrons. The van der Waals surface area contributed by atoms with Crippen molar-refractivity contribution >= 4 is 28.5 Å². The number of ether oxygens (including phenoxy) is 2. The Hall–Kier alpha value is -3.42. The summed E-state index contributed by atoms with van der Waals surface area (Å²) in [7, 11) is 1.45. The molecule has 0 N–H and O–H groups in total. The van der Waals surface area contributed by atoms with Crippen LogP contribution in [0, 0.1) is 5.92 Å². The van der Waals surface area contributed by atoms with E-state index in [9.17, 15) is 4.79 Å². The molecule has 0 radical (unpaired) electrons. The molecule has 3 aromatic rings. The van der Waals surface area contributed by atoms with Crippen LogP contribution in [0.15, 0.2) is 48.8 Å². The van der Waals surface area contributed by atoms with Gasteiger partial charge in [-0.15, -0.1) is 0 Å². The Morgan fingerprint density at radius 2 is 1.57 bits per heavy atom. The zero-order valence-electron chi connectivity index (χ0n) is 20.9. The number of anilines is 2. The highest BCUT2D eigenvalue weighted by Crippen LogP contribution is 2.30. The smallest absolute Gasteiger partial charge is 0.308 e. The third kappa shape index (κ3) is 5.81. The van der Waals surface area contributed by atoms with Gasteiger partial charge in [-0.25, -0.2) is 15.0 Å². The van der Waals surface area contributed by atoms with Gasteiger partial charge in [0.2, 0.25) is 0 Å². The monoisotopic (exact) mass is 477 g/mol. The largest absolute Gasteiger partial charge is 0.472 e. The molecule has 0 saturated carbocycles. The van der Waals surface area contributed by atoms with Gasteiger partial charge in [0, 0.05) is 56.8 Å². The molecule has 0 bridgehead atoms. The van der Waals surface area contributed by atoms with Gasteiger partial charge in [-0.1, -0.05) is 32.0 Å². The molecule has 35 heavy (non-hydrogen) atoms. The number of fused-ring (bicyclic) bond motifs is 1. The van der Waals surface area contributed by atoms with Gasteiger partial charge in [-0.3, -0.25) is 4.79 Å². The third-order valence-corrected chi connectivity index (χ3v) is 6.60. The van der Waals surface area contributed by atoms with Crippen LogP contribution < -0.4 is 14.5 Å². The number of aromatic nitrogens is 3. The minimum absolute atomic E-state index is 0.0414. The Bertz CT molecular complexity index is 1110. The first-order valence-corrected chi connectivity index (χ1v) is 12.6. The molecule has 0 aliphatic carbocycles. The van der Waals surface area contributed by atoms with Crippen LogP contribution >= 0.6 is 0 Å². The van der Waals surface area contributed by atoms with Gasteiger partial charge in [0.1, 0.15) is 11.9 Å². The van der Waals surface area contributed by atoms with E-state index in [-0.39, 0.29) is 18.0 Å². The van der Waals surface area contributed by atoms with Crippen molar-refractivity contribution in [1.29, 1.82) is 0 Å². The lowest BCUT2D eigenvalue weighted by Crippen LogP contribution is -2.40. The van der Waals surface area contributed by atoms with Crippen molar-refractivity contribution < 1.29 is 14.3 Å². The molecule has 5 rings (SSSR count). The van der Waals surface area contributed by atoms with Crippen LogP contribution in [0.4, 0.5) is 11.6 Å². The fourth-order valence-electron chi connectivity index (χ4n) is 4.70. The summed E-state index contributed by atoms with van der Waals surface area (Å²) in [5.74, 6) is 2.19. The number of piperidine rings is 2. The zero-order chi connectivity index (χ0) is 24.6. The predicted molar refractivity (Wildman–Crippen MR) is 138 cm³/mol. The summed E-state index contributed by atoms with van der Waals surface area (Å²) in [5, 5.41) is 1.16. The molecule has 0 unspecified atom stereocenters. The fourth-order valence-corrected chi connectivity index (χ4v) is 4.70. The SMILES string of the molecule is CC.COC(=O)C1CCN(c2nccnc2OC2CCN(c3ccc4ccccc4n3)CC2)CC1. The Morgan fingerprint density at radius 3 is 2.31 bits per heavy atom. The maximum absolute atomic E-state index is 11.8. The molecule has 1 aromatic carbocycles. The quantitative estimate of drug-likeness (QED) is 0.498. The van der Waals surface area contributed by atoms with Gasteiger partial charge >= 0.3 is 5.97 Å². The molecule has 8 nitrogen and oxygen atoms in total. The van der Waals surface area contributed by atoms with E-state index < -0.39 is 0 Å². The first kappa shape index (κ1) is 24.7. The lowest BCUT2D eigenvalue weighted by Gasteiger charge is -2.34. The average Bonchev–Trinajstić information content (AvgIpc) is 2.94. The minimum Gasteiger partial charge on any atom is -0.472 e. The Kier molecular flexibility index (Phi) is 8.34. The Labute approximate surface area is 207 Å². The molecule has 2 fully saturated rings. The Morgan fingerprint density at radius 1 is 0.886 bits per heavy atom. The van der Waals surface area contributed by atoms with E-state index in [0.717, 1.165) is 74.4 Å². The average molecular weight is 478 g/mol. The number of para-hydroxylation sites is 1. The standard InChI is InChI=1S/C25H29N5O3.C2H6/c1-32-25(31)19-8-14-30(15-9-19)23-24(27-13-12-26-23)33-20-10-16-29(17-11-20)22-7-6-18-4-2-3-5-21(18)28-22;1-2/h2-7,12-13,19-20H,8-11,14-17H2,1H3;1-2H3. The highest BCUT2D eigenvalue weighted by Gasteiger charge is 2.29. The van der Waals surface area contributed by atoms with Crippen LogP contribution in [0.25, 0.3) is 10.9 Å². The van der Waals surface area contributed by atoms with Gasteiger partial charge in [0.05, 0.1) is 18.5 Å². The molecule has 4 heterocycles. The summed E-state index contributed by atoms with van der Waals surface area (Å²) < 4.78 is 11.2. The van der Waals surface area contributed by atoms with Crippen molar-refractivity contribution in [3.63, 3.8) is 0 Å². The molecular formula is C27H35N5O3. The van der Waals surface area contributed by atoms with E-state index in [4.69, 9.17) is 14.5 Å². The van der Waals surface area contributed by atoms with Crippen molar-refractivity contribution in [2.24, 2.45) is 5.92 Å². The number of hydrogen-bond donors (Lipinski definition) is 0. The van der Waals surface area contributed by atoms with Crippen molar-refractivity contribution in [2.45, 2.75) is 45.6 Å². The number of carbonyl (C=O) groups is 1. The van der Waals surface area contributed by atoms with Crippen molar-refractivity contribution in [2.75, 3.05) is 43.1 Å². The summed E-state index contributed by atoms with van der Waals surface area (Å²) in [6.07, 6.45) is 6.75. The number of hydrogen-bond acceptors (Lipinski definition) is 8. The molecular weight excluding hydrogens is 442 g/mol. The third-order valence-electron chi connectivity index (χ3n) is 6.60. The molecule has 2 aliphatic rings. The summed E-state index contributed by atoms with van der Waals surface area (Å²) in [6.45, 7) is 7.24. The first-order valence-electron chi connectivity index (χ1n) is 12.6. The van der Waals surface area contributed by atoms with Gasteiger partial charge in [0.25, 0.3) is 5.88 Å². The lowest BCUT2D eigenvalue weighted by molar-refractivity contribution is -0.146. The molecule has 8 heteroatoms. The van der Waals surface area contributed by atoms with E-state index in [0.29, 0.717) is 5.88 Å². The van der Waals surface area contributed by atoms with Gasteiger partial charge in [-0.05, 0) is 31.0 Å². The Balaban J connectivity index is 0.00000141. The first-order chi connectivity index (χ1) is 17.2. The number of pyridine rings is 1. The topological polar surface area (TPSA) is 80.7 Å². The fraction of sp³-hybridized carbons (Fsp3) is 0.481. The van der Waals surface area contributed by atoms with E-state index in [1.54, 1.807) is 12.4 Å². The lowest BCUT2D eigenvalue weighted by atomic mass is 9.97. The van der Waals surface area contributed by atoms with Crippen molar-refractivity contribution in [3.8, 4) is 5.88 Å². The normalized spacial score (nSPS) is 17.0. The van der Waals surface area contributed by atoms with Gasteiger partial charge in [0.15, 0.2) is 5.82 Å². The molecule has 0 spiro atoms. The van der Waals surface area contributed by atoms with Crippen molar-refractivity contribution in [1.82, 2.24) is 15.0 Å². The van der Waals surface area contributed by atoms with Crippen LogP contribution in [-0.2, 0) is 9.53 Å². The summed E-state index contributed by atoms with van der Waals surface area (Å²) in [5.41, 5.74) is 1.02. The number of carbonyl (C=O) groups excluding carboxylic acids is 1. The maximum Gasteiger partial charge on any atom is 0.308 e. The number of benzene rings is 1. The van der Waals surface area contributed by atoms with E-state index in [2.05, 4.69) is 44.0 Å². The second kappa shape index (κ2) is 11.8. The summed E-state index contributed by atoms with van der Waals surface area (Å²) >= 11 is 0. The van der Waals surface area contributed by atoms with Gasteiger partial charge < -0.3 is 19.3 Å². The second-order valence-electron chi connectivity index (χ2n) is 8.64. The number of esters is 1. The van der Waals surface area contributed by atoms with E-state index in [1.165, 1.54) is 7.11 Å². The zero-order valence-corrected chi connectivity index (χ0v) is 20.9. The van der Waals surface area contributed by atoms with E-state index >= 15 is 0 Å². The molecule has 2 aromatic heterocycles. The predicted octanol–water partition coefficient (Wildman–Crippen LogP) is 4.49. The molecule has 0 amide bonds. The van der Waals surface area contributed by atoms with Crippen LogP contribution in [0.5, 0.6) is 5.88 Å². The number of rotatable bonds is 5. The minimum atomic E-state index is -0.127. The highest BCUT2D eigenvalue weighted by atomic mass is 16.5. The van der Waals surface area contributed by atoms with Crippen LogP contribution in [0.2, 0.25) is 0 Å². The summed E-state index contributed by atoms with van der Waals surface area (Å²) in [6, 6.07) is 12.4. The molecule has 2 aliphatic heterocycles. The van der Waals surface area contributed by atoms with Crippen molar-refractivity contribution in [3.05, 3.63) is 48.8 Å². The van der Waals surface area contributed by atoms with Crippen LogP contribution in [0.3, 0.4) is 0 Å². The molecule has 2 saturated heterocycles. The second-order valence-corrected chi connectivity index (χ2v) is 8.64. The summed E-state index contributed by atoms with van der Waals surface area (Å²) in [4.78, 5) is 30.2. The number of nitrogens with zero attached hydrogens (tertiary/aromatic N) is 5. The van der Waals surface area contributed by atoms with Crippen LogP contribution in [0.1, 0.15) is 39.5 Å². The van der Waals surface area contributed by atoms with Gasteiger partial charge in [-0.2, -0.15) is 0 Å². The van der Waals surface area contributed by atoms with E-state index in [1.807, 2.05) is 26.0 Å². The maximum atomic E-state index is 11.8. The molecule has 0 atom stereocenters. The van der Waals surface area contributed by atoms with Crippen LogP contribution in [-0.4, -0.2) is 60.3 Å². The highest BCUT2D eigenvalue weighted by molar-refractivity contribution is 5.80. The number of methoxy groups -OCH3 is 1.